The molecule has 0 aromatic heterocycles. The Morgan fingerprint density at radius 3 is 1.78 bits per heavy atom. The highest BCUT2D eigenvalue weighted by Crippen LogP contribution is 2.19. The number of rotatable bonds is 7. The highest BCUT2D eigenvalue weighted by atomic mass is 14.9. The number of nitrogens with one attached hydrogen (secondary N) is 1. The van der Waals surface area contributed by atoms with E-state index in [2.05, 4.69) is 66.0 Å². The molecule has 1 aliphatic carbocycles. The molecule has 0 spiro atoms. The zero-order valence-corrected chi connectivity index (χ0v) is 14.1. The number of hydrogen-bond acceptors (Lipinski definition) is 1. The Labute approximate surface area is 141 Å². The lowest BCUT2D eigenvalue weighted by Crippen LogP contribution is -2.36. The lowest BCUT2D eigenvalue weighted by Gasteiger charge is -2.26. The lowest BCUT2D eigenvalue weighted by molar-refractivity contribution is 0.344. The van der Waals surface area contributed by atoms with E-state index < -0.39 is 0 Å². The molecule has 122 valence electrons. The van der Waals surface area contributed by atoms with Crippen LogP contribution >= 0.6 is 0 Å². The highest BCUT2D eigenvalue weighted by Gasteiger charge is 2.16. The number of hydrogen-bond donors (Lipinski definition) is 1. The van der Waals surface area contributed by atoms with Crippen LogP contribution in [0.3, 0.4) is 0 Å². The minimum absolute atomic E-state index is 0.668. The molecule has 0 radical (unpaired) electrons. The lowest BCUT2D eigenvalue weighted by atomic mass is 9.91. The fourth-order valence-electron chi connectivity index (χ4n) is 3.75. The normalized spacial score (nSPS) is 15.9. The molecule has 2 aromatic rings. The minimum atomic E-state index is 0.668. The maximum atomic E-state index is 3.86. The Morgan fingerprint density at radius 2 is 1.26 bits per heavy atom. The van der Waals surface area contributed by atoms with E-state index in [1.54, 1.807) is 0 Å². The molecule has 0 saturated heterocycles. The Balaban J connectivity index is 1.60. The van der Waals surface area contributed by atoms with Crippen molar-refractivity contribution in [2.75, 3.05) is 6.54 Å². The van der Waals surface area contributed by atoms with Crippen LogP contribution in [0, 0.1) is 5.92 Å². The topological polar surface area (TPSA) is 12.0 Å². The monoisotopic (exact) mass is 307 g/mol. The van der Waals surface area contributed by atoms with Gasteiger partial charge < -0.3 is 5.32 Å². The van der Waals surface area contributed by atoms with Crippen molar-refractivity contribution in [1.82, 2.24) is 5.32 Å². The van der Waals surface area contributed by atoms with Gasteiger partial charge in [0.15, 0.2) is 0 Å². The molecule has 0 amide bonds. The van der Waals surface area contributed by atoms with Crippen LogP contribution in [-0.2, 0) is 12.8 Å². The van der Waals surface area contributed by atoms with E-state index in [1.807, 2.05) is 0 Å². The molecule has 0 unspecified atom stereocenters. The van der Waals surface area contributed by atoms with E-state index in [4.69, 9.17) is 0 Å². The molecule has 2 aromatic carbocycles. The van der Waals surface area contributed by atoms with E-state index in [0.717, 1.165) is 25.4 Å². The minimum Gasteiger partial charge on any atom is -0.314 e. The van der Waals surface area contributed by atoms with Crippen molar-refractivity contribution in [1.29, 1.82) is 0 Å². The molecular formula is C22H29N. The molecule has 1 aliphatic rings. The smallest absolute Gasteiger partial charge is 0.00671 e. The average Bonchev–Trinajstić information content (AvgIpc) is 2.62. The summed E-state index contributed by atoms with van der Waals surface area (Å²) in [6.45, 7) is 1.13. The first-order chi connectivity index (χ1) is 11.4. The summed E-state index contributed by atoms with van der Waals surface area (Å²) in [6.07, 6.45) is 9.28. The third kappa shape index (κ3) is 5.51. The van der Waals surface area contributed by atoms with Crippen LogP contribution in [0.25, 0.3) is 0 Å². The number of benzene rings is 2. The maximum absolute atomic E-state index is 3.86. The summed E-state index contributed by atoms with van der Waals surface area (Å²) in [5.74, 6) is 0.668. The van der Waals surface area contributed by atoms with Crippen molar-refractivity contribution in [3.05, 3.63) is 71.8 Å². The third-order valence-corrected chi connectivity index (χ3v) is 5.03. The molecule has 1 saturated carbocycles. The summed E-state index contributed by atoms with van der Waals surface area (Å²) in [7, 11) is 0. The van der Waals surface area contributed by atoms with Gasteiger partial charge in [0.05, 0.1) is 0 Å². The second-order valence-corrected chi connectivity index (χ2v) is 6.99. The van der Waals surface area contributed by atoms with Crippen LogP contribution in [0.2, 0.25) is 0 Å². The first kappa shape index (κ1) is 16.3. The van der Waals surface area contributed by atoms with Crippen LogP contribution in [0.4, 0.5) is 0 Å². The van der Waals surface area contributed by atoms with Crippen molar-refractivity contribution in [3.63, 3.8) is 0 Å². The largest absolute Gasteiger partial charge is 0.314 e. The van der Waals surface area contributed by atoms with Crippen LogP contribution in [0.5, 0.6) is 0 Å². The summed E-state index contributed by atoms with van der Waals surface area (Å²) in [5.41, 5.74) is 2.91. The SMILES string of the molecule is c1ccc(CC(CNC2CCCCC2)Cc2ccccc2)cc1. The molecule has 0 bridgehead atoms. The quantitative estimate of drug-likeness (QED) is 0.758. The van der Waals surface area contributed by atoms with Crippen LogP contribution < -0.4 is 5.32 Å². The Kier molecular flexibility index (Phi) is 6.28. The zero-order valence-electron chi connectivity index (χ0n) is 14.1. The van der Waals surface area contributed by atoms with E-state index in [9.17, 15) is 0 Å². The van der Waals surface area contributed by atoms with Crippen LogP contribution in [0.1, 0.15) is 43.2 Å². The molecular weight excluding hydrogens is 278 g/mol. The zero-order chi connectivity index (χ0) is 15.7. The Morgan fingerprint density at radius 1 is 0.739 bits per heavy atom. The van der Waals surface area contributed by atoms with Gasteiger partial charge in [-0.25, -0.2) is 0 Å². The summed E-state index contributed by atoms with van der Waals surface area (Å²) in [5, 5.41) is 3.86. The van der Waals surface area contributed by atoms with Crippen molar-refractivity contribution in [2.45, 2.75) is 51.0 Å². The van der Waals surface area contributed by atoms with Crippen molar-refractivity contribution in [3.8, 4) is 0 Å². The van der Waals surface area contributed by atoms with Gasteiger partial charge in [-0.05, 0) is 49.3 Å². The fraction of sp³-hybridized carbons (Fsp3) is 0.455. The van der Waals surface area contributed by atoms with Gasteiger partial charge in [-0.2, -0.15) is 0 Å². The van der Waals surface area contributed by atoms with Gasteiger partial charge in [-0.3, -0.25) is 0 Å². The van der Waals surface area contributed by atoms with E-state index >= 15 is 0 Å². The average molecular weight is 307 g/mol. The predicted octanol–water partition coefficient (Wildman–Crippen LogP) is 5.01. The Bertz CT molecular complexity index is 501. The van der Waals surface area contributed by atoms with E-state index in [1.165, 1.54) is 43.2 Å². The van der Waals surface area contributed by atoms with E-state index in [-0.39, 0.29) is 0 Å². The molecule has 23 heavy (non-hydrogen) atoms. The van der Waals surface area contributed by atoms with Gasteiger partial charge in [0.1, 0.15) is 0 Å². The van der Waals surface area contributed by atoms with Gasteiger partial charge in [0.25, 0.3) is 0 Å². The van der Waals surface area contributed by atoms with Crippen LogP contribution in [0.15, 0.2) is 60.7 Å². The highest BCUT2D eigenvalue weighted by molar-refractivity contribution is 5.18. The molecule has 1 heteroatoms. The standard InChI is InChI=1S/C22H29N/c1-4-10-19(11-5-1)16-21(17-20-12-6-2-7-13-20)18-23-22-14-8-3-9-15-22/h1-2,4-7,10-13,21-23H,3,8-9,14-18H2. The first-order valence-electron chi connectivity index (χ1n) is 9.21. The van der Waals surface area contributed by atoms with Gasteiger partial charge in [0.2, 0.25) is 0 Å². The second-order valence-electron chi connectivity index (χ2n) is 6.99. The van der Waals surface area contributed by atoms with Gasteiger partial charge in [-0.15, -0.1) is 0 Å². The maximum Gasteiger partial charge on any atom is 0.00671 e. The molecule has 1 fully saturated rings. The Hall–Kier alpha value is -1.60. The van der Waals surface area contributed by atoms with E-state index in [0.29, 0.717) is 5.92 Å². The second kappa shape index (κ2) is 8.88. The first-order valence-corrected chi connectivity index (χ1v) is 9.21. The molecule has 3 rings (SSSR count). The van der Waals surface area contributed by atoms with Crippen molar-refractivity contribution in [2.24, 2.45) is 5.92 Å². The van der Waals surface area contributed by atoms with Gasteiger partial charge >= 0.3 is 0 Å². The molecule has 1 N–H and O–H groups in total. The summed E-state index contributed by atoms with van der Waals surface area (Å²) < 4.78 is 0. The molecule has 0 atom stereocenters. The molecule has 1 nitrogen and oxygen atoms in total. The van der Waals surface area contributed by atoms with Crippen molar-refractivity contribution < 1.29 is 0 Å². The summed E-state index contributed by atoms with van der Waals surface area (Å²) >= 11 is 0. The molecule has 0 aliphatic heterocycles. The summed E-state index contributed by atoms with van der Waals surface area (Å²) in [6, 6.07) is 22.6. The summed E-state index contributed by atoms with van der Waals surface area (Å²) in [4.78, 5) is 0. The van der Waals surface area contributed by atoms with Gasteiger partial charge in [-0.1, -0.05) is 79.9 Å². The van der Waals surface area contributed by atoms with Crippen molar-refractivity contribution >= 4 is 0 Å². The molecule has 0 heterocycles. The third-order valence-electron chi connectivity index (χ3n) is 5.03. The van der Waals surface area contributed by atoms with Crippen LogP contribution in [-0.4, -0.2) is 12.6 Å². The van der Waals surface area contributed by atoms with Gasteiger partial charge in [0, 0.05) is 6.04 Å². The fourth-order valence-corrected chi connectivity index (χ4v) is 3.75. The predicted molar refractivity (Wildman–Crippen MR) is 98.7 cm³/mol.